The van der Waals surface area contributed by atoms with Gasteiger partial charge in [-0.05, 0) is 29.5 Å². The van der Waals surface area contributed by atoms with Crippen LogP contribution in [0.25, 0.3) is 0 Å². The maximum absolute atomic E-state index is 12.8. The van der Waals surface area contributed by atoms with Gasteiger partial charge in [-0.1, -0.05) is 62.4 Å². The van der Waals surface area contributed by atoms with Gasteiger partial charge in [0.2, 0.25) is 5.91 Å². The van der Waals surface area contributed by atoms with E-state index in [1.54, 1.807) is 4.90 Å². The molecule has 4 heteroatoms. The Morgan fingerprint density at radius 3 is 2.44 bits per heavy atom. The Kier molecular flexibility index (Phi) is 5.17. The van der Waals surface area contributed by atoms with Crippen LogP contribution in [-0.2, 0) is 17.9 Å². The number of fused-ring (bicyclic) bond motifs is 1. The molecule has 0 fully saturated rings. The molecule has 25 heavy (non-hydrogen) atoms. The minimum Gasteiger partial charge on any atom is -0.350 e. The van der Waals surface area contributed by atoms with Crippen molar-refractivity contribution in [1.29, 1.82) is 0 Å². The van der Waals surface area contributed by atoms with Crippen molar-refractivity contribution in [3.05, 3.63) is 71.3 Å². The first-order valence-electron chi connectivity index (χ1n) is 8.76. The van der Waals surface area contributed by atoms with Gasteiger partial charge < -0.3 is 10.2 Å². The fraction of sp³-hybridized carbons (Fsp3) is 0.333. The number of amides is 2. The molecule has 2 aromatic rings. The minimum absolute atomic E-state index is 0.0453. The van der Waals surface area contributed by atoms with Crippen LogP contribution in [0.15, 0.2) is 54.6 Å². The van der Waals surface area contributed by atoms with E-state index in [1.807, 2.05) is 54.6 Å². The van der Waals surface area contributed by atoms with Gasteiger partial charge in [0.1, 0.15) is 6.04 Å². The van der Waals surface area contributed by atoms with Gasteiger partial charge in [0.15, 0.2) is 0 Å². The van der Waals surface area contributed by atoms with Gasteiger partial charge in [0.05, 0.1) is 0 Å². The fourth-order valence-corrected chi connectivity index (χ4v) is 3.25. The van der Waals surface area contributed by atoms with E-state index < -0.39 is 6.04 Å². The first-order valence-corrected chi connectivity index (χ1v) is 8.76. The second-order valence-corrected chi connectivity index (χ2v) is 6.94. The van der Waals surface area contributed by atoms with Crippen molar-refractivity contribution in [2.24, 2.45) is 5.92 Å². The normalized spacial score (nSPS) is 14.5. The lowest BCUT2D eigenvalue weighted by atomic mass is 10.0. The summed E-state index contributed by atoms with van der Waals surface area (Å²) in [4.78, 5) is 27.3. The molecule has 0 radical (unpaired) electrons. The summed E-state index contributed by atoms with van der Waals surface area (Å²) in [5, 5.41) is 3.00. The van der Waals surface area contributed by atoms with Crippen LogP contribution in [0.2, 0.25) is 0 Å². The topological polar surface area (TPSA) is 49.4 Å². The summed E-state index contributed by atoms with van der Waals surface area (Å²) in [6.45, 7) is 5.13. The second-order valence-electron chi connectivity index (χ2n) is 6.94. The molecule has 1 N–H and O–H groups in total. The van der Waals surface area contributed by atoms with Crippen LogP contribution < -0.4 is 5.32 Å². The monoisotopic (exact) mass is 336 g/mol. The minimum atomic E-state index is -0.441. The fourth-order valence-electron chi connectivity index (χ4n) is 3.25. The highest BCUT2D eigenvalue weighted by Gasteiger charge is 2.36. The third-order valence-corrected chi connectivity index (χ3v) is 4.53. The Morgan fingerprint density at radius 1 is 1.08 bits per heavy atom. The summed E-state index contributed by atoms with van der Waals surface area (Å²) < 4.78 is 0. The summed E-state index contributed by atoms with van der Waals surface area (Å²) in [6.07, 6.45) is 0.653. The summed E-state index contributed by atoms with van der Waals surface area (Å²) >= 11 is 0. The first-order chi connectivity index (χ1) is 12.1. The molecule has 0 bridgehead atoms. The Labute approximate surface area is 148 Å². The van der Waals surface area contributed by atoms with E-state index >= 15 is 0 Å². The van der Waals surface area contributed by atoms with Gasteiger partial charge in [0.25, 0.3) is 5.91 Å². The van der Waals surface area contributed by atoms with Crippen LogP contribution in [0.4, 0.5) is 0 Å². The molecule has 3 rings (SSSR count). The molecule has 130 valence electrons. The number of hydrogen-bond acceptors (Lipinski definition) is 2. The van der Waals surface area contributed by atoms with Crippen LogP contribution in [0.5, 0.6) is 0 Å². The van der Waals surface area contributed by atoms with Gasteiger partial charge in [-0.15, -0.1) is 0 Å². The standard InChI is InChI=1S/C21H24N2O2/c1-15(2)12-19(20(24)22-13-16-8-4-3-5-9-16)23-14-17-10-6-7-11-18(17)21(23)25/h3-11,15,19H,12-14H2,1-2H3,(H,22,24). The van der Waals surface area contributed by atoms with E-state index in [1.165, 1.54) is 0 Å². The van der Waals surface area contributed by atoms with E-state index in [9.17, 15) is 9.59 Å². The predicted molar refractivity (Wildman–Crippen MR) is 97.8 cm³/mol. The molecule has 1 unspecified atom stereocenters. The summed E-state index contributed by atoms with van der Waals surface area (Å²) in [6, 6.07) is 17.0. The summed E-state index contributed by atoms with van der Waals surface area (Å²) in [5.74, 6) is 0.193. The zero-order valence-corrected chi connectivity index (χ0v) is 14.7. The zero-order chi connectivity index (χ0) is 17.8. The average molecular weight is 336 g/mol. The highest BCUT2D eigenvalue weighted by molar-refractivity contribution is 6.01. The van der Waals surface area contributed by atoms with Crippen molar-refractivity contribution < 1.29 is 9.59 Å². The molecule has 0 saturated carbocycles. The van der Waals surface area contributed by atoms with Crippen molar-refractivity contribution in [2.75, 3.05) is 0 Å². The molecule has 1 aliphatic heterocycles. The Morgan fingerprint density at radius 2 is 1.76 bits per heavy atom. The molecule has 0 spiro atoms. The van der Waals surface area contributed by atoms with Crippen molar-refractivity contribution in [3.8, 4) is 0 Å². The molecule has 0 aromatic heterocycles. The quantitative estimate of drug-likeness (QED) is 0.879. The van der Waals surface area contributed by atoms with E-state index in [0.717, 1.165) is 11.1 Å². The van der Waals surface area contributed by atoms with Gasteiger partial charge in [-0.25, -0.2) is 0 Å². The third-order valence-electron chi connectivity index (χ3n) is 4.53. The number of hydrogen-bond donors (Lipinski definition) is 1. The van der Waals surface area contributed by atoms with Crippen LogP contribution >= 0.6 is 0 Å². The van der Waals surface area contributed by atoms with Crippen molar-refractivity contribution in [2.45, 2.75) is 39.4 Å². The van der Waals surface area contributed by atoms with E-state index in [2.05, 4.69) is 19.2 Å². The lowest BCUT2D eigenvalue weighted by Crippen LogP contribution is -2.47. The maximum atomic E-state index is 12.8. The van der Waals surface area contributed by atoms with E-state index in [4.69, 9.17) is 0 Å². The van der Waals surface area contributed by atoms with E-state index in [0.29, 0.717) is 31.0 Å². The highest BCUT2D eigenvalue weighted by Crippen LogP contribution is 2.26. The number of nitrogens with one attached hydrogen (secondary N) is 1. The molecule has 4 nitrogen and oxygen atoms in total. The number of carbonyl (C=O) groups excluding carboxylic acids is 2. The van der Waals surface area contributed by atoms with Crippen molar-refractivity contribution >= 4 is 11.8 Å². The molecule has 2 amide bonds. The van der Waals surface area contributed by atoms with Gasteiger partial charge in [0, 0.05) is 18.7 Å². The van der Waals surface area contributed by atoms with Crippen LogP contribution in [0.1, 0.15) is 41.8 Å². The number of carbonyl (C=O) groups is 2. The van der Waals surface area contributed by atoms with Gasteiger partial charge in [-0.2, -0.15) is 0 Å². The molecule has 1 heterocycles. The number of benzene rings is 2. The molecule has 1 atom stereocenters. The van der Waals surface area contributed by atoms with Crippen LogP contribution in [-0.4, -0.2) is 22.8 Å². The molecule has 0 aliphatic carbocycles. The average Bonchev–Trinajstić information content (AvgIpc) is 2.95. The first kappa shape index (κ1) is 17.2. The largest absolute Gasteiger partial charge is 0.350 e. The van der Waals surface area contributed by atoms with Gasteiger partial charge >= 0.3 is 0 Å². The third kappa shape index (κ3) is 3.90. The maximum Gasteiger partial charge on any atom is 0.255 e. The summed E-state index contributed by atoms with van der Waals surface area (Å²) in [5.41, 5.74) is 2.76. The molecule has 2 aromatic carbocycles. The Bertz CT molecular complexity index is 756. The van der Waals surface area contributed by atoms with Crippen LogP contribution in [0.3, 0.4) is 0 Å². The Hall–Kier alpha value is -2.62. The lowest BCUT2D eigenvalue weighted by Gasteiger charge is -2.28. The van der Waals surface area contributed by atoms with Crippen LogP contribution in [0, 0.1) is 5.92 Å². The molecular weight excluding hydrogens is 312 g/mol. The second kappa shape index (κ2) is 7.51. The smallest absolute Gasteiger partial charge is 0.255 e. The lowest BCUT2D eigenvalue weighted by molar-refractivity contribution is -0.126. The van der Waals surface area contributed by atoms with Crippen molar-refractivity contribution in [3.63, 3.8) is 0 Å². The van der Waals surface area contributed by atoms with E-state index in [-0.39, 0.29) is 11.8 Å². The SMILES string of the molecule is CC(C)CC(C(=O)NCc1ccccc1)N1Cc2ccccc2C1=O. The van der Waals surface area contributed by atoms with Crippen molar-refractivity contribution in [1.82, 2.24) is 10.2 Å². The predicted octanol–water partition coefficient (Wildman–Crippen LogP) is 3.37. The molecule has 1 aliphatic rings. The molecule has 0 saturated heterocycles. The summed E-state index contributed by atoms with van der Waals surface area (Å²) in [7, 11) is 0. The zero-order valence-electron chi connectivity index (χ0n) is 14.7. The number of nitrogens with zero attached hydrogens (tertiary/aromatic N) is 1. The Balaban J connectivity index is 1.74. The highest BCUT2D eigenvalue weighted by atomic mass is 16.2. The molecular formula is C21H24N2O2. The van der Waals surface area contributed by atoms with Gasteiger partial charge in [-0.3, -0.25) is 9.59 Å². The number of rotatable bonds is 6.